The molecule has 5 aromatic rings. The summed E-state index contributed by atoms with van der Waals surface area (Å²) in [6.45, 7) is 0. The van der Waals surface area contributed by atoms with Gasteiger partial charge in [-0.25, -0.2) is 30.7 Å². The van der Waals surface area contributed by atoms with Gasteiger partial charge in [0.1, 0.15) is 23.2 Å². The lowest BCUT2D eigenvalue weighted by Gasteiger charge is -2.20. The Labute approximate surface area is 194 Å². The van der Waals surface area contributed by atoms with Crippen LogP contribution in [0.1, 0.15) is 0 Å². The van der Waals surface area contributed by atoms with Gasteiger partial charge >= 0.3 is 0 Å². The molecule has 0 radical (unpaired) electrons. The fourth-order valence-electron chi connectivity index (χ4n) is 4.37. The van der Waals surface area contributed by atoms with E-state index in [1.807, 2.05) is 0 Å². The maximum Gasteiger partial charge on any atom is 0.198 e. The van der Waals surface area contributed by atoms with Crippen molar-refractivity contribution < 1.29 is 35.5 Å². The van der Waals surface area contributed by atoms with Gasteiger partial charge in [0.25, 0.3) is 0 Å². The van der Waals surface area contributed by atoms with Gasteiger partial charge in [-0.05, 0) is 41.3 Å². The van der Waals surface area contributed by atoms with E-state index < -0.39 is 62.6 Å². The summed E-state index contributed by atoms with van der Waals surface area (Å²) >= 11 is 0. The molecule has 0 N–H and O–H groups in total. The van der Waals surface area contributed by atoms with Gasteiger partial charge in [0.15, 0.2) is 23.3 Å². The Morgan fingerprint density at radius 3 is 1.80 bits per heavy atom. The zero-order valence-electron chi connectivity index (χ0n) is 17.8. The molecule has 0 fully saturated rings. The number of hydrogen-bond acceptors (Lipinski definition) is 1. The Balaban J connectivity index is 2.11. The second-order valence-electron chi connectivity index (χ2n) is 7.77. The number of rotatable bonds is 3. The molecule has 0 unspecified atom stereocenters. The second-order valence-corrected chi connectivity index (χ2v) is 7.77. The molecule has 0 amide bonds. The Bertz CT molecular complexity index is 1640. The first-order valence-corrected chi connectivity index (χ1v) is 10.2. The SMILES string of the molecule is COc1ccc(-c2c3cccc(F)c3c(-c3ccc(F)cc3F)c3c(F)c(F)c(F)c(F)c23)cc1. The van der Waals surface area contributed by atoms with Crippen LogP contribution in [0.3, 0.4) is 0 Å². The van der Waals surface area contributed by atoms with Crippen LogP contribution in [0.2, 0.25) is 0 Å². The van der Waals surface area contributed by atoms with E-state index in [1.165, 1.54) is 43.5 Å². The molecule has 0 bridgehead atoms. The average molecular weight is 486 g/mol. The third-order valence-corrected chi connectivity index (χ3v) is 5.88. The lowest BCUT2D eigenvalue weighted by atomic mass is 9.85. The molecule has 0 aliphatic heterocycles. The fourth-order valence-corrected chi connectivity index (χ4v) is 4.37. The van der Waals surface area contributed by atoms with Gasteiger partial charge in [0.2, 0.25) is 0 Å². The van der Waals surface area contributed by atoms with Crippen molar-refractivity contribution in [3.05, 3.63) is 101 Å². The minimum atomic E-state index is -2.14. The van der Waals surface area contributed by atoms with Gasteiger partial charge in [0.05, 0.1) is 7.11 Å². The topological polar surface area (TPSA) is 9.23 Å². The first-order valence-electron chi connectivity index (χ1n) is 10.2. The van der Waals surface area contributed by atoms with E-state index in [-0.39, 0.29) is 21.9 Å². The highest BCUT2D eigenvalue weighted by atomic mass is 19.2. The normalized spacial score (nSPS) is 11.4. The van der Waals surface area contributed by atoms with Crippen LogP contribution in [0.15, 0.2) is 60.7 Å². The van der Waals surface area contributed by atoms with Gasteiger partial charge in [-0.2, -0.15) is 0 Å². The molecular weight excluding hydrogens is 473 g/mol. The molecule has 0 aromatic heterocycles. The maximum atomic E-state index is 15.4. The summed E-state index contributed by atoms with van der Waals surface area (Å²) in [5, 5.41) is -2.00. The number of ether oxygens (including phenoxy) is 1. The van der Waals surface area contributed by atoms with Crippen molar-refractivity contribution in [2.75, 3.05) is 7.11 Å². The van der Waals surface area contributed by atoms with Gasteiger partial charge < -0.3 is 4.74 Å². The first kappa shape index (κ1) is 22.7. The van der Waals surface area contributed by atoms with Crippen LogP contribution < -0.4 is 4.74 Å². The molecule has 1 nitrogen and oxygen atoms in total. The van der Waals surface area contributed by atoms with Crippen molar-refractivity contribution in [3.8, 4) is 28.0 Å². The maximum absolute atomic E-state index is 15.4. The number of halogens is 7. The monoisotopic (exact) mass is 486 g/mol. The van der Waals surface area contributed by atoms with Crippen LogP contribution in [-0.4, -0.2) is 7.11 Å². The summed E-state index contributed by atoms with van der Waals surface area (Å²) in [5.74, 6) is -10.5. The summed E-state index contributed by atoms with van der Waals surface area (Å²) in [6.07, 6.45) is 0. The molecule has 176 valence electrons. The number of hydrogen-bond donors (Lipinski definition) is 0. The fraction of sp³-hybridized carbons (Fsp3) is 0.0370. The Kier molecular flexibility index (Phi) is 5.39. The van der Waals surface area contributed by atoms with E-state index in [0.29, 0.717) is 11.8 Å². The molecule has 0 atom stereocenters. The Hall–Kier alpha value is -4.07. The molecule has 0 spiro atoms. The molecule has 0 saturated heterocycles. The zero-order chi connectivity index (χ0) is 25.0. The first-order chi connectivity index (χ1) is 16.7. The minimum Gasteiger partial charge on any atom is -0.497 e. The predicted octanol–water partition coefficient (Wildman–Crippen LogP) is 8.31. The largest absolute Gasteiger partial charge is 0.497 e. The Morgan fingerprint density at radius 2 is 1.20 bits per heavy atom. The molecule has 35 heavy (non-hydrogen) atoms. The van der Waals surface area contributed by atoms with Crippen molar-refractivity contribution in [3.63, 3.8) is 0 Å². The second kappa shape index (κ2) is 8.30. The van der Waals surface area contributed by atoms with Crippen LogP contribution in [0.4, 0.5) is 30.7 Å². The molecule has 0 aliphatic carbocycles. The molecule has 0 heterocycles. The van der Waals surface area contributed by atoms with E-state index in [1.54, 1.807) is 0 Å². The predicted molar refractivity (Wildman–Crippen MR) is 119 cm³/mol. The molecule has 0 aliphatic rings. The van der Waals surface area contributed by atoms with Crippen LogP contribution in [0.5, 0.6) is 5.75 Å². The summed E-state index contributed by atoms with van der Waals surface area (Å²) in [4.78, 5) is 0. The molecule has 5 aromatic carbocycles. The van der Waals surface area contributed by atoms with E-state index in [0.717, 1.165) is 18.2 Å². The highest BCUT2D eigenvalue weighted by molar-refractivity contribution is 6.22. The van der Waals surface area contributed by atoms with Crippen molar-refractivity contribution >= 4 is 21.5 Å². The van der Waals surface area contributed by atoms with Crippen LogP contribution in [0.25, 0.3) is 43.8 Å². The third kappa shape index (κ3) is 3.39. The smallest absolute Gasteiger partial charge is 0.198 e. The van der Waals surface area contributed by atoms with Crippen molar-refractivity contribution in [1.29, 1.82) is 0 Å². The molecule has 0 saturated carbocycles. The quantitative estimate of drug-likeness (QED) is 0.108. The van der Waals surface area contributed by atoms with Gasteiger partial charge in [-0.3, -0.25) is 0 Å². The number of fused-ring (bicyclic) bond motifs is 2. The van der Waals surface area contributed by atoms with Gasteiger partial charge in [-0.1, -0.05) is 24.3 Å². The highest BCUT2D eigenvalue weighted by Crippen LogP contribution is 2.47. The minimum absolute atomic E-state index is 0.0225. The zero-order valence-corrected chi connectivity index (χ0v) is 17.8. The number of benzene rings is 5. The summed E-state index contributed by atoms with van der Waals surface area (Å²) in [5.41, 5.74) is -1.02. The third-order valence-electron chi connectivity index (χ3n) is 5.88. The molecule has 8 heteroatoms. The van der Waals surface area contributed by atoms with Gasteiger partial charge in [-0.15, -0.1) is 0 Å². The van der Waals surface area contributed by atoms with E-state index >= 15 is 13.2 Å². The van der Waals surface area contributed by atoms with E-state index in [9.17, 15) is 17.6 Å². The molecule has 5 rings (SSSR count). The van der Waals surface area contributed by atoms with Crippen LogP contribution in [0, 0.1) is 40.7 Å². The summed E-state index contributed by atoms with van der Waals surface area (Å²) in [7, 11) is 1.41. The average Bonchev–Trinajstić information content (AvgIpc) is 2.85. The van der Waals surface area contributed by atoms with Crippen LogP contribution in [-0.2, 0) is 0 Å². The lowest BCUT2D eigenvalue weighted by Crippen LogP contribution is -2.04. The summed E-state index contributed by atoms with van der Waals surface area (Å²) in [6, 6.07) is 11.8. The van der Waals surface area contributed by atoms with Crippen molar-refractivity contribution in [2.24, 2.45) is 0 Å². The van der Waals surface area contributed by atoms with Crippen LogP contribution >= 0.6 is 0 Å². The highest BCUT2D eigenvalue weighted by Gasteiger charge is 2.30. The van der Waals surface area contributed by atoms with Crippen molar-refractivity contribution in [2.45, 2.75) is 0 Å². The standard InChI is InChI=1S/C27H13F7O/c1-35-14-8-5-12(6-9-14)19-16-3-2-4-17(29)20(16)21(15-10-7-13(28)11-18(15)30)23-22(19)24(31)26(33)27(34)25(23)32/h2-11H,1H3. The van der Waals surface area contributed by atoms with E-state index in [2.05, 4.69) is 0 Å². The van der Waals surface area contributed by atoms with E-state index in [4.69, 9.17) is 4.74 Å². The summed E-state index contributed by atoms with van der Waals surface area (Å²) < 4.78 is 109. The number of methoxy groups -OCH3 is 1. The van der Waals surface area contributed by atoms with Gasteiger partial charge in [0, 0.05) is 38.9 Å². The Morgan fingerprint density at radius 1 is 0.571 bits per heavy atom. The molecular formula is C27H13F7O. The van der Waals surface area contributed by atoms with Crippen molar-refractivity contribution in [1.82, 2.24) is 0 Å². The lowest BCUT2D eigenvalue weighted by molar-refractivity contribution is 0.415.